The molecule has 0 aromatic rings. The van der Waals surface area contributed by atoms with Gasteiger partial charge >= 0.3 is 12.0 Å². The molecule has 2 fully saturated rings. The van der Waals surface area contributed by atoms with Crippen LogP contribution in [0.2, 0.25) is 0 Å². The molecule has 1 heterocycles. The van der Waals surface area contributed by atoms with E-state index in [0.717, 1.165) is 32.4 Å². The molecule has 0 radical (unpaired) electrons. The van der Waals surface area contributed by atoms with Crippen LogP contribution < -0.4 is 5.32 Å². The maximum absolute atomic E-state index is 12.3. The Morgan fingerprint density at radius 1 is 1.24 bits per heavy atom. The number of rotatable bonds is 4. The quantitative estimate of drug-likeness (QED) is 0.838. The molecule has 5 nitrogen and oxygen atoms in total. The first-order valence-electron chi connectivity index (χ1n) is 8.21. The molecular formula is C16H28N2O3. The van der Waals surface area contributed by atoms with Crippen LogP contribution in [-0.4, -0.2) is 41.6 Å². The van der Waals surface area contributed by atoms with Gasteiger partial charge in [0, 0.05) is 19.6 Å². The third kappa shape index (κ3) is 3.69. The molecule has 2 N–H and O–H groups in total. The summed E-state index contributed by atoms with van der Waals surface area (Å²) >= 11 is 0. The lowest BCUT2D eigenvalue weighted by Gasteiger charge is -2.38. The number of carbonyl (C=O) groups is 2. The van der Waals surface area contributed by atoms with E-state index in [0.29, 0.717) is 24.7 Å². The first kappa shape index (κ1) is 16.1. The number of carboxylic acids is 1. The Morgan fingerprint density at radius 3 is 2.48 bits per heavy atom. The number of aliphatic carboxylic acids is 1. The summed E-state index contributed by atoms with van der Waals surface area (Å²) in [5.74, 6) is 0.586. The molecule has 0 bridgehead atoms. The van der Waals surface area contributed by atoms with Gasteiger partial charge in [0.15, 0.2) is 0 Å². The van der Waals surface area contributed by atoms with Crippen molar-refractivity contribution in [3.05, 3.63) is 0 Å². The van der Waals surface area contributed by atoms with Gasteiger partial charge in [-0.05, 0) is 43.9 Å². The zero-order valence-electron chi connectivity index (χ0n) is 13.2. The second-order valence-corrected chi connectivity index (χ2v) is 7.02. The van der Waals surface area contributed by atoms with E-state index >= 15 is 0 Å². The predicted molar refractivity (Wildman–Crippen MR) is 81.1 cm³/mol. The average Bonchev–Trinajstić information content (AvgIpc) is 2.62. The van der Waals surface area contributed by atoms with E-state index in [2.05, 4.69) is 19.2 Å². The Balaban J connectivity index is 1.82. The third-order valence-corrected chi connectivity index (χ3v) is 5.35. The molecule has 1 unspecified atom stereocenters. The second kappa shape index (κ2) is 6.67. The summed E-state index contributed by atoms with van der Waals surface area (Å²) in [6.45, 7) is 6.33. The fourth-order valence-electron chi connectivity index (χ4n) is 3.42. The molecule has 1 aliphatic heterocycles. The van der Waals surface area contributed by atoms with Crippen molar-refractivity contribution >= 4 is 12.0 Å². The minimum Gasteiger partial charge on any atom is -0.481 e. The zero-order chi connectivity index (χ0) is 15.5. The fourth-order valence-corrected chi connectivity index (χ4v) is 3.42. The average molecular weight is 296 g/mol. The van der Waals surface area contributed by atoms with Crippen molar-refractivity contribution in [3.63, 3.8) is 0 Å². The Kier molecular flexibility index (Phi) is 5.12. The largest absolute Gasteiger partial charge is 0.481 e. The third-order valence-electron chi connectivity index (χ3n) is 5.35. The summed E-state index contributed by atoms with van der Waals surface area (Å²) in [7, 11) is 0. The van der Waals surface area contributed by atoms with Crippen molar-refractivity contribution in [1.29, 1.82) is 0 Å². The van der Waals surface area contributed by atoms with E-state index in [4.69, 9.17) is 0 Å². The van der Waals surface area contributed by atoms with Gasteiger partial charge in [-0.3, -0.25) is 4.79 Å². The number of likely N-dealkylation sites (tertiary alicyclic amines) is 1. The first-order valence-corrected chi connectivity index (χ1v) is 8.21. The summed E-state index contributed by atoms with van der Waals surface area (Å²) in [6, 6.07) is -0.0908. The number of hydrogen-bond donors (Lipinski definition) is 2. The monoisotopic (exact) mass is 296 g/mol. The Labute approximate surface area is 127 Å². The van der Waals surface area contributed by atoms with Crippen molar-refractivity contribution in [2.75, 3.05) is 19.6 Å². The molecule has 2 amide bonds. The van der Waals surface area contributed by atoms with Gasteiger partial charge in [-0.2, -0.15) is 0 Å². The van der Waals surface area contributed by atoms with Crippen LogP contribution in [0.25, 0.3) is 0 Å². The topological polar surface area (TPSA) is 69.6 Å². The Morgan fingerprint density at radius 2 is 1.95 bits per heavy atom. The molecule has 5 heteroatoms. The molecule has 21 heavy (non-hydrogen) atoms. The van der Waals surface area contributed by atoms with Gasteiger partial charge in [-0.25, -0.2) is 4.79 Å². The Bertz CT molecular complexity index is 391. The van der Waals surface area contributed by atoms with Gasteiger partial charge in [-0.15, -0.1) is 0 Å². The number of carbonyl (C=O) groups excluding carboxylic acids is 1. The SMILES string of the molecule is CC(C)C1CCCN(C(=O)NCC2(C(=O)O)CCC2)CC1. The van der Waals surface area contributed by atoms with Crippen LogP contribution in [0.5, 0.6) is 0 Å². The highest BCUT2D eigenvalue weighted by atomic mass is 16.4. The second-order valence-electron chi connectivity index (χ2n) is 7.02. The van der Waals surface area contributed by atoms with Gasteiger partial charge < -0.3 is 15.3 Å². The van der Waals surface area contributed by atoms with E-state index in [9.17, 15) is 14.7 Å². The van der Waals surface area contributed by atoms with E-state index in [1.807, 2.05) is 4.90 Å². The van der Waals surface area contributed by atoms with Crippen LogP contribution in [0.3, 0.4) is 0 Å². The molecule has 0 aromatic heterocycles. The van der Waals surface area contributed by atoms with Crippen LogP contribution >= 0.6 is 0 Å². The van der Waals surface area contributed by atoms with Crippen LogP contribution in [0, 0.1) is 17.3 Å². The summed E-state index contributed by atoms with van der Waals surface area (Å²) in [5.41, 5.74) is -0.706. The van der Waals surface area contributed by atoms with Gasteiger partial charge in [-0.1, -0.05) is 20.3 Å². The molecule has 1 saturated carbocycles. The molecule has 1 aliphatic carbocycles. The molecule has 1 saturated heterocycles. The molecular weight excluding hydrogens is 268 g/mol. The number of urea groups is 1. The van der Waals surface area contributed by atoms with Gasteiger partial charge in [0.05, 0.1) is 5.41 Å². The van der Waals surface area contributed by atoms with Crippen molar-refractivity contribution in [3.8, 4) is 0 Å². The van der Waals surface area contributed by atoms with Crippen LogP contribution in [-0.2, 0) is 4.79 Å². The normalized spacial score (nSPS) is 25.1. The smallest absolute Gasteiger partial charge is 0.317 e. The lowest BCUT2D eigenvalue weighted by molar-refractivity contribution is -0.153. The highest BCUT2D eigenvalue weighted by molar-refractivity contribution is 5.79. The summed E-state index contributed by atoms with van der Waals surface area (Å²) in [5, 5.41) is 12.1. The van der Waals surface area contributed by atoms with Crippen molar-refractivity contribution in [2.45, 2.75) is 52.4 Å². The molecule has 120 valence electrons. The molecule has 2 aliphatic rings. The minimum atomic E-state index is -0.773. The van der Waals surface area contributed by atoms with Crippen molar-refractivity contribution in [2.24, 2.45) is 17.3 Å². The first-order chi connectivity index (χ1) is 9.94. The highest BCUT2D eigenvalue weighted by Gasteiger charge is 2.44. The molecule has 0 spiro atoms. The van der Waals surface area contributed by atoms with Crippen LogP contribution in [0.15, 0.2) is 0 Å². The minimum absolute atomic E-state index is 0.0908. The molecule has 0 aromatic carbocycles. The van der Waals surface area contributed by atoms with Gasteiger partial charge in [0.2, 0.25) is 0 Å². The molecule has 2 rings (SSSR count). The maximum atomic E-state index is 12.3. The number of carboxylic acid groups (broad SMARTS) is 1. The zero-order valence-corrected chi connectivity index (χ0v) is 13.2. The molecule has 1 atom stereocenters. The van der Waals surface area contributed by atoms with Crippen LogP contribution in [0.1, 0.15) is 52.4 Å². The van der Waals surface area contributed by atoms with Crippen molar-refractivity contribution < 1.29 is 14.7 Å². The lowest BCUT2D eigenvalue weighted by atomic mass is 9.69. The van der Waals surface area contributed by atoms with Gasteiger partial charge in [0.25, 0.3) is 0 Å². The predicted octanol–water partition coefficient (Wildman–Crippen LogP) is 2.71. The summed E-state index contributed by atoms with van der Waals surface area (Å²) in [4.78, 5) is 25.4. The maximum Gasteiger partial charge on any atom is 0.317 e. The number of hydrogen-bond acceptors (Lipinski definition) is 2. The van der Waals surface area contributed by atoms with E-state index in [-0.39, 0.29) is 12.6 Å². The van der Waals surface area contributed by atoms with Crippen molar-refractivity contribution in [1.82, 2.24) is 10.2 Å². The van der Waals surface area contributed by atoms with Gasteiger partial charge in [0.1, 0.15) is 0 Å². The van der Waals surface area contributed by atoms with E-state index in [1.165, 1.54) is 6.42 Å². The Hall–Kier alpha value is -1.26. The standard InChI is InChI=1S/C16H28N2O3/c1-12(2)13-5-3-9-18(10-6-13)15(21)17-11-16(14(19)20)7-4-8-16/h12-13H,3-11H2,1-2H3,(H,17,21)(H,19,20). The van der Waals surface area contributed by atoms with E-state index in [1.54, 1.807) is 0 Å². The number of nitrogens with one attached hydrogen (secondary N) is 1. The number of nitrogens with zero attached hydrogens (tertiary/aromatic N) is 1. The number of amides is 2. The lowest BCUT2D eigenvalue weighted by Crippen LogP contribution is -2.50. The summed E-state index contributed by atoms with van der Waals surface area (Å²) in [6.07, 6.45) is 5.58. The van der Waals surface area contributed by atoms with E-state index < -0.39 is 11.4 Å². The summed E-state index contributed by atoms with van der Waals surface area (Å²) < 4.78 is 0. The fraction of sp³-hybridized carbons (Fsp3) is 0.875. The highest BCUT2D eigenvalue weighted by Crippen LogP contribution is 2.40. The van der Waals surface area contributed by atoms with Crippen LogP contribution in [0.4, 0.5) is 4.79 Å².